The number of aryl methyl sites for hydroxylation is 1. The highest BCUT2D eigenvalue weighted by Gasteiger charge is 2.04. The maximum atomic E-state index is 4.38. The molecule has 0 amide bonds. The van der Waals surface area contributed by atoms with E-state index in [-0.39, 0.29) is 0 Å². The van der Waals surface area contributed by atoms with E-state index in [9.17, 15) is 0 Å². The Balaban J connectivity index is 1.83. The van der Waals surface area contributed by atoms with E-state index in [0.29, 0.717) is 6.54 Å². The maximum absolute atomic E-state index is 4.38. The van der Waals surface area contributed by atoms with Crippen molar-refractivity contribution in [2.45, 2.75) is 6.54 Å². The van der Waals surface area contributed by atoms with E-state index >= 15 is 0 Å². The average Bonchev–Trinajstić information content (AvgIpc) is 2.99. The third kappa shape index (κ3) is 2.76. The Morgan fingerprint density at radius 3 is 2.84 bits per heavy atom. The van der Waals surface area contributed by atoms with Crippen molar-refractivity contribution >= 4 is 15.9 Å². The summed E-state index contributed by atoms with van der Waals surface area (Å²) in [5, 5.41) is 8.73. The molecule has 3 aromatic rings. The van der Waals surface area contributed by atoms with Crippen molar-refractivity contribution in [3.05, 3.63) is 59.1 Å². The van der Waals surface area contributed by atoms with Gasteiger partial charge in [0.25, 0.3) is 0 Å². The van der Waals surface area contributed by atoms with E-state index in [2.05, 4.69) is 38.3 Å². The molecule has 2 heterocycles. The second-order valence-electron chi connectivity index (χ2n) is 4.42. The van der Waals surface area contributed by atoms with Crippen LogP contribution in [-0.4, -0.2) is 19.6 Å². The summed E-state index contributed by atoms with van der Waals surface area (Å²) in [5.41, 5.74) is 3.27. The first-order chi connectivity index (χ1) is 9.20. The summed E-state index contributed by atoms with van der Waals surface area (Å²) < 4.78 is 4.77. The normalized spacial score (nSPS) is 10.8. The van der Waals surface area contributed by atoms with Crippen molar-refractivity contribution in [3.8, 4) is 11.1 Å². The number of rotatable bonds is 3. The van der Waals surface area contributed by atoms with Crippen molar-refractivity contribution in [1.82, 2.24) is 19.6 Å². The SMILES string of the molecule is Cn1ccc(Cn2cc(-c3cccc(Br)c3)cn2)n1. The van der Waals surface area contributed by atoms with Gasteiger partial charge in [0.1, 0.15) is 0 Å². The van der Waals surface area contributed by atoms with Gasteiger partial charge in [0.15, 0.2) is 0 Å². The molecule has 0 spiro atoms. The monoisotopic (exact) mass is 316 g/mol. The first-order valence-electron chi connectivity index (χ1n) is 5.97. The molecule has 0 radical (unpaired) electrons. The van der Waals surface area contributed by atoms with Crippen LogP contribution in [0.2, 0.25) is 0 Å². The fourth-order valence-corrected chi connectivity index (χ4v) is 2.38. The molecule has 0 saturated carbocycles. The number of aromatic nitrogens is 4. The number of nitrogens with zero attached hydrogens (tertiary/aromatic N) is 4. The van der Waals surface area contributed by atoms with Crippen molar-refractivity contribution in [1.29, 1.82) is 0 Å². The average molecular weight is 317 g/mol. The van der Waals surface area contributed by atoms with E-state index in [1.807, 2.05) is 48.5 Å². The second-order valence-corrected chi connectivity index (χ2v) is 5.33. The van der Waals surface area contributed by atoms with Gasteiger partial charge in [-0.15, -0.1) is 0 Å². The van der Waals surface area contributed by atoms with Gasteiger partial charge in [-0.05, 0) is 23.8 Å². The van der Waals surface area contributed by atoms with Gasteiger partial charge in [-0.1, -0.05) is 28.1 Å². The molecule has 96 valence electrons. The van der Waals surface area contributed by atoms with E-state index < -0.39 is 0 Å². The van der Waals surface area contributed by atoms with Gasteiger partial charge >= 0.3 is 0 Å². The molecule has 1 aromatic carbocycles. The molecule has 0 bridgehead atoms. The van der Waals surface area contributed by atoms with E-state index in [1.54, 1.807) is 4.68 Å². The van der Waals surface area contributed by atoms with Crippen molar-refractivity contribution in [3.63, 3.8) is 0 Å². The van der Waals surface area contributed by atoms with Crippen molar-refractivity contribution in [2.75, 3.05) is 0 Å². The van der Waals surface area contributed by atoms with Gasteiger partial charge in [0, 0.05) is 29.5 Å². The summed E-state index contributed by atoms with van der Waals surface area (Å²) >= 11 is 3.48. The number of hydrogen-bond acceptors (Lipinski definition) is 2. The molecule has 4 nitrogen and oxygen atoms in total. The molecule has 0 atom stereocenters. The molecule has 3 rings (SSSR count). The fourth-order valence-electron chi connectivity index (χ4n) is 1.98. The van der Waals surface area contributed by atoms with Gasteiger partial charge in [0.05, 0.1) is 18.4 Å². The van der Waals surface area contributed by atoms with Gasteiger partial charge in [0.2, 0.25) is 0 Å². The predicted octanol–water partition coefficient (Wildman–Crippen LogP) is 3.09. The van der Waals surface area contributed by atoms with Crippen LogP contribution in [0.15, 0.2) is 53.4 Å². The number of halogens is 1. The highest BCUT2D eigenvalue weighted by molar-refractivity contribution is 9.10. The lowest BCUT2D eigenvalue weighted by Gasteiger charge is -1.98. The Bertz CT molecular complexity index is 699. The molecular weight excluding hydrogens is 304 g/mol. The minimum Gasteiger partial charge on any atom is -0.275 e. The third-order valence-electron chi connectivity index (χ3n) is 2.88. The summed E-state index contributed by atoms with van der Waals surface area (Å²) in [4.78, 5) is 0. The fraction of sp³-hybridized carbons (Fsp3) is 0.143. The highest BCUT2D eigenvalue weighted by atomic mass is 79.9. The molecule has 2 aromatic heterocycles. The topological polar surface area (TPSA) is 35.6 Å². The van der Waals surface area contributed by atoms with Gasteiger partial charge < -0.3 is 0 Å². The predicted molar refractivity (Wildman–Crippen MR) is 77.7 cm³/mol. The summed E-state index contributed by atoms with van der Waals surface area (Å²) in [7, 11) is 1.92. The molecule has 5 heteroatoms. The Morgan fingerprint density at radius 1 is 1.21 bits per heavy atom. The maximum Gasteiger partial charge on any atom is 0.0850 e. The van der Waals surface area contributed by atoms with Crippen LogP contribution in [0.1, 0.15) is 5.69 Å². The summed E-state index contributed by atoms with van der Waals surface area (Å²) in [6, 6.07) is 10.2. The van der Waals surface area contributed by atoms with Crippen LogP contribution < -0.4 is 0 Å². The summed E-state index contributed by atoms with van der Waals surface area (Å²) in [5.74, 6) is 0. The zero-order valence-electron chi connectivity index (χ0n) is 10.5. The molecule has 0 saturated heterocycles. The molecule has 0 unspecified atom stereocenters. The molecule has 0 fully saturated rings. The molecule has 0 aliphatic rings. The standard InChI is InChI=1S/C14H13BrN4/c1-18-6-5-14(17-18)10-19-9-12(8-16-19)11-3-2-4-13(15)7-11/h2-9H,10H2,1H3. The van der Waals surface area contributed by atoms with Gasteiger partial charge in [-0.25, -0.2) is 0 Å². The summed E-state index contributed by atoms with van der Waals surface area (Å²) in [6.45, 7) is 0.689. The molecular formula is C14H13BrN4. The lowest BCUT2D eigenvalue weighted by Crippen LogP contribution is -2.01. The highest BCUT2D eigenvalue weighted by Crippen LogP contribution is 2.22. The van der Waals surface area contributed by atoms with Crippen LogP contribution in [0.3, 0.4) is 0 Å². The van der Waals surface area contributed by atoms with E-state index in [1.165, 1.54) is 0 Å². The van der Waals surface area contributed by atoms with Crippen LogP contribution in [0.25, 0.3) is 11.1 Å². The van der Waals surface area contributed by atoms with E-state index in [4.69, 9.17) is 0 Å². The Hall–Kier alpha value is -1.88. The number of benzene rings is 1. The first-order valence-corrected chi connectivity index (χ1v) is 6.77. The lowest BCUT2D eigenvalue weighted by atomic mass is 10.1. The van der Waals surface area contributed by atoms with Crippen LogP contribution in [0, 0.1) is 0 Å². The second kappa shape index (κ2) is 5.01. The smallest absolute Gasteiger partial charge is 0.0850 e. The Morgan fingerprint density at radius 2 is 2.11 bits per heavy atom. The van der Waals surface area contributed by atoms with Crippen LogP contribution in [0.4, 0.5) is 0 Å². The van der Waals surface area contributed by atoms with Crippen LogP contribution in [0.5, 0.6) is 0 Å². The zero-order chi connectivity index (χ0) is 13.2. The van der Waals surface area contributed by atoms with Gasteiger partial charge in [-0.2, -0.15) is 10.2 Å². The van der Waals surface area contributed by atoms with E-state index in [0.717, 1.165) is 21.3 Å². The summed E-state index contributed by atoms with van der Waals surface area (Å²) in [6.07, 6.45) is 5.86. The van der Waals surface area contributed by atoms with Crippen LogP contribution >= 0.6 is 15.9 Å². The Labute approximate surface area is 119 Å². The third-order valence-corrected chi connectivity index (χ3v) is 3.38. The minimum absolute atomic E-state index is 0.689. The zero-order valence-corrected chi connectivity index (χ0v) is 12.1. The lowest BCUT2D eigenvalue weighted by molar-refractivity contribution is 0.650. The first kappa shape index (κ1) is 12.2. The van der Waals surface area contributed by atoms with Gasteiger partial charge in [-0.3, -0.25) is 9.36 Å². The number of hydrogen-bond donors (Lipinski definition) is 0. The largest absolute Gasteiger partial charge is 0.275 e. The molecule has 0 aliphatic carbocycles. The van der Waals surface area contributed by atoms with Crippen LogP contribution in [-0.2, 0) is 13.6 Å². The van der Waals surface area contributed by atoms with Crippen molar-refractivity contribution in [2.24, 2.45) is 7.05 Å². The molecule has 0 N–H and O–H groups in total. The molecule has 19 heavy (non-hydrogen) atoms. The Kier molecular flexibility index (Phi) is 3.21. The van der Waals surface area contributed by atoms with Crippen molar-refractivity contribution < 1.29 is 0 Å². The molecule has 0 aliphatic heterocycles. The minimum atomic E-state index is 0.689. The quantitative estimate of drug-likeness (QED) is 0.744.